The highest BCUT2D eigenvalue weighted by atomic mass is 19.1. The van der Waals surface area contributed by atoms with Crippen molar-refractivity contribution in [1.29, 1.82) is 0 Å². The third-order valence-corrected chi connectivity index (χ3v) is 8.45. The summed E-state index contributed by atoms with van der Waals surface area (Å²) in [6.07, 6.45) is 8.30. The number of benzene rings is 1. The molecule has 2 saturated carbocycles. The molecule has 8 nitrogen and oxygen atoms in total. The van der Waals surface area contributed by atoms with Gasteiger partial charge < -0.3 is 26.8 Å². The molecular formula is C30H43FN6O2. The van der Waals surface area contributed by atoms with Crippen molar-refractivity contribution in [3.8, 4) is 5.75 Å². The van der Waals surface area contributed by atoms with E-state index in [9.17, 15) is 14.3 Å². The second-order valence-corrected chi connectivity index (χ2v) is 11.5. The highest BCUT2D eigenvalue weighted by molar-refractivity contribution is 5.76. The van der Waals surface area contributed by atoms with Crippen LogP contribution < -0.4 is 21.7 Å². The summed E-state index contributed by atoms with van der Waals surface area (Å²) in [4.78, 5) is 19.8. The van der Waals surface area contributed by atoms with E-state index in [1.54, 1.807) is 12.1 Å². The molecule has 1 heterocycles. The van der Waals surface area contributed by atoms with Crippen LogP contribution in [-0.2, 0) is 11.3 Å². The van der Waals surface area contributed by atoms with Crippen molar-refractivity contribution in [2.75, 3.05) is 30.3 Å². The summed E-state index contributed by atoms with van der Waals surface area (Å²) in [6.45, 7) is 9.24. The Hall–Kier alpha value is -3.20. The lowest BCUT2D eigenvalue weighted by atomic mass is 9.72. The van der Waals surface area contributed by atoms with Crippen LogP contribution in [0.25, 0.3) is 0 Å². The summed E-state index contributed by atoms with van der Waals surface area (Å²) in [5.74, 6) is 2.05. The van der Waals surface area contributed by atoms with Gasteiger partial charge in [-0.05, 0) is 94.7 Å². The Labute approximate surface area is 231 Å². The van der Waals surface area contributed by atoms with Gasteiger partial charge in [0.2, 0.25) is 11.9 Å². The summed E-state index contributed by atoms with van der Waals surface area (Å²) in [5.41, 5.74) is 7.39. The van der Waals surface area contributed by atoms with Crippen molar-refractivity contribution in [1.82, 2.24) is 15.3 Å². The molecule has 39 heavy (non-hydrogen) atoms. The summed E-state index contributed by atoms with van der Waals surface area (Å²) >= 11 is 0. The number of nitrogens with two attached hydrogens (primary N) is 1. The largest absolute Gasteiger partial charge is 0.508 e. The Morgan fingerprint density at radius 1 is 1.03 bits per heavy atom. The number of rotatable bonds is 12. The summed E-state index contributed by atoms with van der Waals surface area (Å²) in [7, 11) is 0. The molecule has 212 valence electrons. The van der Waals surface area contributed by atoms with E-state index in [1.165, 1.54) is 11.8 Å². The van der Waals surface area contributed by atoms with Crippen LogP contribution in [-0.4, -0.2) is 40.6 Å². The van der Waals surface area contributed by atoms with E-state index >= 15 is 0 Å². The van der Waals surface area contributed by atoms with Crippen molar-refractivity contribution in [2.45, 2.75) is 58.4 Å². The van der Waals surface area contributed by atoms with Crippen molar-refractivity contribution in [3.05, 3.63) is 54.0 Å². The van der Waals surface area contributed by atoms with E-state index in [2.05, 4.69) is 39.4 Å². The molecule has 6 N–H and O–H groups in total. The SMILES string of the molecule is C=C(C)C1C[C@@H](CNCC2CCC(C(N)=O)CC2)C[C@H](CNc2nc(NCc3ccccc3O)ncc2F)C1. The molecule has 0 spiro atoms. The van der Waals surface area contributed by atoms with E-state index in [1.807, 2.05) is 12.1 Å². The van der Waals surface area contributed by atoms with Crippen molar-refractivity contribution >= 4 is 17.7 Å². The standard InChI is InChI=1S/C30H43FN6O2/c1-19(2)25-12-21(15-33-14-20-7-9-23(10-8-20)28(32)39)11-22(13-25)16-34-29-26(31)18-36-30(37-29)35-17-24-5-3-4-6-27(24)38/h3-6,18,20-23,25,33,38H,1,7-17H2,2H3,(H2,32,39)(H2,34,35,36,37)/t20?,21-,22-,23?,25?/m0/s1. The topological polar surface area (TPSA) is 125 Å². The highest BCUT2D eigenvalue weighted by Crippen LogP contribution is 2.37. The van der Waals surface area contributed by atoms with Crippen LogP contribution in [0, 0.1) is 35.4 Å². The average Bonchev–Trinajstić information content (AvgIpc) is 2.93. The third kappa shape index (κ3) is 8.39. The van der Waals surface area contributed by atoms with E-state index in [0.717, 1.165) is 58.0 Å². The molecule has 4 rings (SSSR count). The number of nitrogens with one attached hydrogen (secondary N) is 3. The third-order valence-electron chi connectivity index (χ3n) is 8.45. The highest BCUT2D eigenvalue weighted by Gasteiger charge is 2.30. The molecule has 0 saturated heterocycles. The maximum atomic E-state index is 14.5. The van der Waals surface area contributed by atoms with Crippen molar-refractivity contribution < 1.29 is 14.3 Å². The van der Waals surface area contributed by atoms with E-state index < -0.39 is 5.82 Å². The molecule has 1 aromatic carbocycles. The van der Waals surface area contributed by atoms with E-state index in [-0.39, 0.29) is 23.4 Å². The quantitative estimate of drug-likeness (QED) is 0.245. The fraction of sp³-hybridized carbons (Fsp3) is 0.567. The predicted molar refractivity (Wildman–Crippen MR) is 153 cm³/mol. The molecule has 2 aliphatic carbocycles. The molecule has 1 unspecified atom stereocenters. The van der Waals surface area contributed by atoms with Gasteiger partial charge in [-0.1, -0.05) is 30.4 Å². The van der Waals surface area contributed by atoms with Gasteiger partial charge in [0.05, 0.1) is 6.20 Å². The zero-order valence-electron chi connectivity index (χ0n) is 23.0. The zero-order valence-corrected chi connectivity index (χ0v) is 23.0. The number of phenolic OH excluding ortho intramolecular Hbond substituents is 1. The molecule has 3 atom stereocenters. The number of aromatic nitrogens is 2. The summed E-state index contributed by atoms with van der Waals surface area (Å²) in [5, 5.41) is 20.0. The van der Waals surface area contributed by atoms with Gasteiger partial charge in [0.25, 0.3) is 0 Å². The minimum atomic E-state index is -0.486. The average molecular weight is 539 g/mol. The van der Waals surface area contributed by atoms with Gasteiger partial charge in [-0.2, -0.15) is 4.98 Å². The molecule has 1 aromatic heterocycles. The first-order chi connectivity index (χ1) is 18.8. The van der Waals surface area contributed by atoms with Gasteiger partial charge in [0, 0.05) is 24.6 Å². The molecule has 0 bridgehead atoms. The van der Waals surface area contributed by atoms with Gasteiger partial charge >= 0.3 is 0 Å². The molecule has 2 aliphatic rings. The number of hydrogen-bond donors (Lipinski definition) is 5. The minimum absolute atomic E-state index is 0.0491. The first-order valence-electron chi connectivity index (χ1n) is 14.2. The monoisotopic (exact) mass is 538 g/mol. The number of hydrogen-bond acceptors (Lipinski definition) is 7. The normalized spacial score (nSPS) is 25.1. The Morgan fingerprint density at radius 3 is 2.41 bits per heavy atom. The fourth-order valence-electron chi connectivity index (χ4n) is 6.10. The lowest BCUT2D eigenvalue weighted by Gasteiger charge is -2.36. The van der Waals surface area contributed by atoms with Gasteiger partial charge in [-0.3, -0.25) is 4.79 Å². The first kappa shape index (κ1) is 28.8. The second kappa shape index (κ2) is 13.7. The van der Waals surface area contributed by atoms with Crippen LogP contribution in [0.15, 0.2) is 42.6 Å². The lowest BCUT2D eigenvalue weighted by molar-refractivity contribution is -0.122. The summed E-state index contributed by atoms with van der Waals surface area (Å²) < 4.78 is 14.5. The van der Waals surface area contributed by atoms with Crippen molar-refractivity contribution in [2.24, 2.45) is 35.3 Å². The summed E-state index contributed by atoms with van der Waals surface area (Å²) in [6, 6.07) is 7.04. The number of allylic oxidation sites excluding steroid dienone is 1. The number of primary amides is 1. The number of anilines is 2. The number of nitrogens with zero attached hydrogens (tertiary/aromatic N) is 2. The Morgan fingerprint density at radius 2 is 1.72 bits per heavy atom. The number of para-hydroxylation sites is 1. The fourth-order valence-corrected chi connectivity index (χ4v) is 6.10. The number of aromatic hydroxyl groups is 1. The molecule has 2 fully saturated rings. The molecule has 9 heteroatoms. The maximum Gasteiger partial charge on any atom is 0.225 e. The van der Waals surface area contributed by atoms with Crippen LogP contribution in [0.2, 0.25) is 0 Å². The number of amides is 1. The molecular weight excluding hydrogens is 495 g/mol. The Balaban J connectivity index is 1.27. The van der Waals surface area contributed by atoms with Crippen LogP contribution >= 0.6 is 0 Å². The van der Waals surface area contributed by atoms with Crippen LogP contribution in [0.5, 0.6) is 5.75 Å². The van der Waals surface area contributed by atoms with E-state index in [0.29, 0.717) is 48.3 Å². The minimum Gasteiger partial charge on any atom is -0.508 e. The van der Waals surface area contributed by atoms with Crippen LogP contribution in [0.1, 0.15) is 57.4 Å². The molecule has 1 amide bonds. The number of phenols is 1. The lowest BCUT2D eigenvalue weighted by Crippen LogP contribution is -2.36. The smallest absolute Gasteiger partial charge is 0.225 e. The zero-order chi connectivity index (χ0) is 27.8. The van der Waals surface area contributed by atoms with Gasteiger partial charge in [-0.25, -0.2) is 9.37 Å². The molecule has 2 aromatic rings. The van der Waals surface area contributed by atoms with Gasteiger partial charge in [0.1, 0.15) is 5.75 Å². The Kier molecular flexibility index (Phi) is 10.1. The van der Waals surface area contributed by atoms with Crippen LogP contribution in [0.3, 0.4) is 0 Å². The molecule has 0 radical (unpaired) electrons. The van der Waals surface area contributed by atoms with Crippen molar-refractivity contribution in [3.63, 3.8) is 0 Å². The Bertz CT molecular complexity index is 1120. The van der Waals surface area contributed by atoms with Gasteiger partial charge in [0.15, 0.2) is 11.6 Å². The second-order valence-electron chi connectivity index (χ2n) is 11.5. The number of carbonyl (C=O) groups is 1. The maximum absolute atomic E-state index is 14.5. The van der Waals surface area contributed by atoms with Crippen LogP contribution in [0.4, 0.5) is 16.2 Å². The predicted octanol–water partition coefficient (Wildman–Crippen LogP) is 4.84. The molecule has 0 aliphatic heterocycles. The van der Waals surface area contributed by atoms with Gasteiger partial charge in [-0.15, -0.1) is 0 Å². The number of halogens is 1. The number of carbonyl (C=O) groups excluding carboxylic acids is 1. The van der Waals surface area contributed by atoms with E-state index in [4.69, 9.17) is 5.73 Å². The first-order valence-corrected chi connectivity index (χ1v) is 14.2.